The monoisotopic (exact) mass is 270 g/mol. The third-order valence-electron chi connectivity index (χ3n) is 2.84. The number of alkyl halides is 1. The van der Waals surface area contributed by atoms with Gasteiger partial charge in [-0.3, -0.25) is 0 Å². The van der Waals surface area contributed by atoms with Crippen LogP contribution in [0.15, 0.2) is 6.07 Å². The van der Waals surface area contributed by atoms with Crippen LogP contribution in [-0.4, -0.2) is 5.11 Å². The molecule has 0 saturated carbocycles. The Hall–Kier alpha value is -0.500. The summed E-state index contributed by atoms with van der Waals surface area (Å²) in [7, 11) is 0. The van der Waals surface area contributed by atoms with Gasteiger partial charge in [0, 0.05) is 5.33 Å². The van der Waals surface area contributed by atoms with Crippen molar-refractivity contribution in [3.05, 3.63) is 28.3 Å². The summed E-state index contributed by atoms with van der Waals surface area (Å²) in [5.41, 5.74) is 4.45. The van der Waals surface area contributed by atoms with Gasteiger partial charge < -0.3 is 5.11 Å². The van der Waals surface area contributed by atoms with Gasteiger partial charge in [-0.25, -0.2) is 0 Å². The van der Waals surface area contributed by atoms with Crippen LogP contribution in [0.2, 0.25) is 0 Å². The van der Waals surface area contributed by atoms with Crippen LogP contribution < -0.4 is 0 Å². The fourth-order valence-corrected chi connectivity index (χ4v) is 2.65. The van der Waals surface area contributed by atoms with E-state index in [0.29, 0.717) is 5.75 Å². The van der Waals surface area contributed by atoms with E-state index in [2.05, 4.69) is 49.7 Å². The number of rotatable bonds is 1. The fraction of sp³-hybridized carbons (Fsp3) is 0.538. The highest BCUT2D eigenvalue weighted by Gasteiger charge is 2.21. The van der Waals surface area contributed by atoms with Crippen molar-refractivity contribution in [1.29, 1.82) is 0 Å². The summed E-state index contributed by atoms with van der Waals surface area (Å²) >= 11 is 3.46. The van der Waals surface area contributed by atoms with Gasteiger partial charge in [0.15, 0.2) is 0 Å². The molecule has 0 atom stereocenters. The van der Waals surface area contributed by atoms with Crippen molar-refractivity contribution < 1.29 is 5.11 Å². The largest absolute Gasteiger partial charge is 0.507 e. The van der Waals surface area contributed by atoms with Gasteiger partial charge in [0.2, 0.25) is 0 Å². The van der Waals surface area contributed by atoms with Crippen molar-refractivity contribution in [2.24, 2.45) is 0 Å². The Morgan fingerprint density at radius 1 is 1.27 bits per heavy atom. The molecule has 1 rings (SSSR count). The van der Waals surface area contributed by atoms with Crippen molar-refractivity contribution in [2.75, 3.05) is 0 Å². The highest BCUT2D eigenvalue weighted by atomic mass is 79.9. The first-order chi connectivity index (χ1) is 6.79. The third kappa shape index (κ3) is 2.36. The molecule has 2 heteroatoms. The van der Waals surface area contributed by atoms with E-state index in [1.807, 2.05) is 6.92 Å². The Morgan fingerprint density at radius 3 is 2.20 bits per heavy atom. The van der Waals surface area contributed by atoms with Gasteiger partial charge >= 0.3 is 0 Å². The van der Waals surface area contributed by atoms with Gasteiger partial charge in [-0.2, -0.15) is 0 Å². The SMILES string of the molecule is Cc1cc(C(C)(C)C)c(O)c(C)c1CBr. The second-order valence-electron chi connectivity index (χ2n) is 5.08. The number of hydrogen-bond donors (Lipinski definition) is 1. The van der Waals surface area contributed by atoms with Crippen molar-refractivity contribution in [3.8, 4) is 5.75 Å². The minimum atomic E-state index is -0.00948. The molecule has 0 fully saturated rings. The molecule has 15 heavy (non-hydrogen) atoms. The zero-order valence-corrected chi connectivity index (χ0v) is 11.7. The maximum absolute atomic E-state index is 10.1. The summed E-state index contributed by atoms with van der Waals surface area (Å²) in [5, 5.41) is 10.9. The lowest BCUT2D eigenvalue weighted by Gasteiger charge is -2.23. The molecule has 0 aliphatic heterocycles. The first-order valence-corrected chi connectivity index (χ1v) is 6.29. The van der Waals surface area contributed by atoms with Gasteiger partial charge in [-0.15, -0.1) is 0 Å². The molecule has 1 N–H and O–H groups in total. The maximum Gasteiger partial charge on any atom is 0.122 e. The summed E-state index contributed by atoms with van der Waals surface area (Å²) < 4.78 is 0. The topological polar surface area (TPSA) is 20.2 Å². The van der Waals surface area contributed by atoms with E-state index in [-0.39, 0.29) is 5.41 Å². The van der Waals surface area contributed by atoms with Crippen LogP contribution in [0.1, 0.15) is 43.0 Å². The number of aromatic hydroxyl groups is 1. The van der Waals surface area contributed by atoms with Crippen molar-refractivity contribution >= 4 is 15.9 Å². The van der Waals surface area contributed by atoms with Crippen molar-refractivity contribution in [2.45, 2.75) is 45.4 Å². The van der Waals surface area contributed by atoms with Crippen LogP contribution in [0.25, 0.3) is 0 Å². The molecule has 0 amide bonds. The van der Waals surface area contributed by atoms with E-state index in [1.54, 1.807) is 0 Å². The van der Waals surface area contributed by atoms with E-state index < -0.39 is 0 Å². The van der Waals surface area contributed by atoms with E-state index in [0.717, 1.165) is 16.5 Å². The molecule has 1 aromatic rings. The first kappa shape index (κ1) is 12.6. The van der Waals surface area contributed by atoms with Crippen LogP contribution in [0, 0.1) is 13.8 Å². The molecule has 0 heterocycles. The average Bonchev–Trinajstić information content (AvgIpc) is 2.10. The van der Waals surface area contributed by atoms with Gasteiger partial charge in [0.25, 0.3) is 0 Å². The fourth-order valence-electron chi connectivity index (χ4n) is 1.79. The normalized spacial score (nSPS) is 11.9. The number of phenolic OH excluding ortho intramolecular Hbond substituents is 1. The number of halogens is 1. The van der Waals surface area contributed by atoms with Crippen LogP contribution in [0.3, 0.4) is 0 Å². The molecule has 84 valence electrons. The molecule has 0 saturated heterocycles. The Morgan fingerprint density at radius 2 is 1.80 bits per heavy atom. The lowest BCUT2D eigenvalue weighted by molar-refractivity contribution is 0.442. The Balaban J connectivity index is 3.48. The minimum absolute atomic E-state index is 0.00948. The lowest BCUT2D eigenvalue weighted by Crippen LogP contribution is -2.13. The molecule has 0 bridgehead atoms. The molecule has 0 aliphatic carbocycles. The van der Waals surface area contributed by atoms with E-state index in [9.17, 15) is 5.11 Å². The standard InChI is InChI=1S/C13H19BrO/c1-8-6-11(13(3,4)5)12(15)9(2)10(8)7-14/h6,15H,7H2,1-5H3. The summed E-state index contributed by atoms with van der Waals surface area (Å²) in [6.45, 7) is 10.4. The van der Waals surface area contributed by atoms with E-state index >= 15 is 0 Å². The van der Waals surface area contributed by atoms with Crippen LogP contribution >= 0.6 is 15.9 Å². The predicted molar refractivity (Wildman–Crippen MR) is 68.9 cm³/mol. The molecule has 0 aromatic heterocycles. The predicted octanol–water partition coefficient (Wildman–Crippen LogP) is 4.20. The van der Waals surface area contributed by atoms with Crippen molar-refractivity contribution in [1.82, 2.24) is 0 Å². The van der Waals surface area contributed by atoms with E-state index in [1.165, 1.54) is 11.1 Å². The summed E-state index contributed by atoms with van der Waals surface area (Å²) in [5.74, 6) is 0.447. The quantitative estimate of drug-likeness (QED) is 0.759. The van der Waals surface area contributed by atoms with E-state index in [4.69, 9.17) is 0 Å². The molecule has 0 spiro atoms. The number of aryl methyl sites for hydroxylation is 1. The Kier molecular flexibility index (Phi) is 3.49. The van der Waals surface area contributed by atoms with Crippen LogP contribution in [0.5, 0.6) is 5.75 Å². The molecule has 0 aliphatic rings. The Labute approximate surface area is 101 Å². The molecule has 0 unspecified atom stereocenters. The number of phenols is 1. The number of hydrogen-bond acceptors (Lipinski definition) is 1. The van der Waals surface area contributed by atoms with Gasteiger partial charge in [-0.05, 0) is 41.5 Å². The molecule has 1 nitrogen and oxygen atoms in total. The zero-order chi connectivity index (χ0) is 11.8. The highest BCUT2D eigenvalue weighted by Crippen LogP contribution is 2.36. The van der Waals surface area contributed by atoms with Gasteiger partial charge in [0.05, 0.1) is 0 Å². The summed E-state index contributed by atoms with van der Waals surface area (Å²) in [6.07, 6.45) is 0. The smallest absolute Gasteiger partial charge is 0.122 e. The van der Waals surface area contributed by atoms with Crippen LogP contribution in [0.4, 0.5) is 0 Å². The molecular weight excluding hydrogens is 252 g/mol. The molecular formula is C13H19BrO. The first-order valence-electron chi connectivity index (χ1n) is 5.17. The molecule has 1 aromatic carbocycles. The highest BCUT2D eigenvalue weighted by molar-refractivity contribution is 9.08. The summed E-state index contributed by atoms with van der Waals surface area (Å²) in [6, 6.07) is 2.10. The third-order valence-corrected chi connectivity index (χ3v) is 3.40. The minimum Gasteiger partial charge on any atom is -0.507 e. The summed E-state index contributed by atoms with van der Waals surface area (Å²) in [4.78, 5) is 0. The molecule has 0 radical (unpaired) electrons. The van der Waals surface area contributed by atoms with Crippen molar-refractivity contribution in [3.63, 3.8) is 0 Å². The second-order valence-corrected chi connectivity index (χ2v) is 5.64. The van der Waals surface area contributed by atoms with Crippen LogP contribution in [-0.2, 0) is 10.7 Å². The van der Waals surface area contributed by atoms with Gasteiger partial charge in [0.1, 0.15) is 5.75 Å². The maximum atomic E-state index is 10.1. The average molecular weight is 271 g/mol. The Bertz CT molecular complexity index is 375. The lowest BCUT2D eigenvalue weighted by atomic mass is 9.83. The van der Waals surface area contributed by atoms with Gasteiger partial charge in [-0.1, -0.05) is 42.8 Å². The zero-order valence-electron chi connectivity index (χ0n) is 10.1. The number of benzene rings is 1. The second kappa shape index (κ2) is 4.17.